The molecule has 0 radical (unpaired) electrons. The van der Waals surface area contributed by atoms with Crippen LogP contribution in [0, 0.1) is 11.7 Å². The molecule has 0 atom stereocenters. The van der Waals surface area contributed by atoms with E-state index < -0.39 is 0 Å². The van der Waals surface area contributed by atoms with Crippen molar-refractivity contribution in [3.63, 3.8) is 0 Å². The fraction of sp³-hybridized carbons (Fsp3) is 0.652. The Morgan fingerprint density at radius 2 is 1.50 bits per heavy atom. The summed E-state index contributed by atoms with van der Waals surface area (Å²) < 4.78 is 13.2. The summed E-state index contributed by atoms with van der Waals surface area (Å²) in [6.45, 7) is 7.12. The molecule has 0 spiro atoms. The van der Waals surface area contributed by atoms with Crippen molar-refractivity contribution in [2.45, 2.75) is 32.1 Å². The number of carbonyl (C=O) groups is 2. The monoisotopic (exact) mass is 416 g/mol. The number of rotatable bonds is 4. The number of carbonyl (C=O) groups excluding carboxylic acids is 2. The highest BCUT2D eigenvalue weighted by atomic mass is 19.1. The van der Waals surface area contributed by atoms with Gasteiger partial charge in [-0.3, -0.25) is 14.5 Å². The molecule has 2 amide bonds. The first kappa shape index (κ1) is 21.1. The minimum atomic E-state index is -0.216. The van der Waals surface area contributed by atoms with Gasteiger partial charge in [-0.15, -0.1) is 0 Å². The lowest BCUT2D eigenvalue weighted by atomic mass is 9.95. The number of hydrogen-bond donors (Lipinski definition) is 0. The second-order valence-electron chi connectivity index (χ2n) is 8.78. The highest BCUT2D eigenvalue weighted by molar-refractivity contribution is 5.81. The lowest BCUT2D eigenvalue weighted by Crippen LogP contribution is -2.47. The van der Waals surface area contributed by atoms with Crippen molar-refractivity contribution >= 4 is 17.5 Å². The molecule has 0 bridgehead atoms. The molecular weight excluding hydrogens is 383 g/mol. The SMILES string of the molecule is O=C(CN1CCCN(c2ccc(F)cc2)CC1)N1CCC(C(=O)N2CCCC2)CC1. The third-order valence-corrected chi connectivity index (χ3v) is 6.75. The van der Waals surface area contributed by atoms with Gasteiger partial charge in [0.25, 0.3) is 0 Å². The summed E-state index contributed by atoms with van der Waals surface area (Å²) in [5.41, 5.74) is 1.04. The van der Waals surface area contributed by atoms with Gasteiger partial charge in [-0.05, 0) is 56.4 Å². The molecule has 1 aromatic rings. The predicted octanol–water partition coefficient (Wildman–Crippen LogP) is 2.20. The number of likely N-dealkylation sites (tertiary alicyclic amines) is 2. The number of benzene rings is 1. The van der Waals surface area contributed by atoms with Gasteiger partial charge in [0.1, 0.15) is 5.82 Å². The van der Waals surface area contributed by atoms with E-state index in [9.17, 15) is 14.0 Å². The molecule has 164 valence electrons. The fourth-order valence-corrected chi connectivity index (χ4v) is 4.90. The maximum absolute atomic E-state index is 13.2. The number of amides is 2. The Kier molecular flexibility index (Phi) is 6.87. The van der Waals surface area contributed by atoms with E-state index in [4.69, 9.17) is 0 Å². The lowest BCUT2D eigenvalue weighted by Gasteiger charge is -2.34. The average molecular weight is 417 g/mol. The Bertz CT molecular complexity index is 727. The van der Waals surface area contributed by atoms with Crippen LogP contribution in [-0.4, -0.2) is 85.4 Å². The second kappa shape index (κ2) is 9.77. The van der Waals surface area contributed by atoms with Crippen LogP contribution in [0.4, 0.5) is 10.1 Å². The van der Waals surface area contributed by atoms with Gasteiger partial charge in [0.05, 0.1) is 6.54 Å². The molecule has 3 fully saturated rings. The quantitative estimate of drug-likeness (QED) is 0.755. The Morgan fingerprint density at radius 3 is 2.20 bits per heavy atom. The predicted molar refractivity (Wildman–Crippen MR) is 115 cm³/mol. The van der Waals surface area contributed by atoms with Gasteiger partial charge in [-0.2, -0.15) is 0 Å². The van der Waals surface area contributed by atoms with Crippen LogP contribution < -0.4 is 4.90 Å². The highest BCUT2D eigenvalue weighted by Crippen LogP contribution is 2.22. The summed E-state index contributed by atoms with van der Waals surface area (Å²) in [4.78, 5) is 33.9. The summed E-state index contributed by atoms with van der Waals surface area (Å²) in [6.07, 6.45) is 4.81. The topological polar surface area (TPSA) is 47.1 Å². The van der Waals surface area contributed by atoms with Crippen LogP contribution >= 0.6 is 0 Å². The Morgan fingerprint density at radius 1 is 0.800 bits per heavy atom. The molecule has 3 saturated heterocycles. The Hall–Kier alpha value is -2.15. The molecule has 0 saturated carbocycles. The molecular formula is C23H33FN4O2. The van der Waals surface area contributed by atoms with Gasteiger partial charge in [-0.1, -0.05) is 0 Å². The van der Waals surface area contributed by atoms with Crippen LogP contribution in [0.3, 0.4) is 0 Å². The number of halogens is 1. The fourth-order valence-electron chi connectivity index (χ4n) is 4.90. The number of anilines is 1. The Balaban J connectivity index is 1.22. The third kappa shape index (κ3) is 5.12. The second-order valence-corrected chi connectivity index (χ2v) is 8.78. The van der Waals surface area contributed by atoms with Crippen molar-refractivity contribution in [1.29, 1.82) is 0 Å². The summed E-state index contributed by atoms with van der Waals surface area (Å²) in [5.74, 6) is 0.353. The standard InChI is InChI=1S/C23H33FN4O2/c24-20-4-6-21(7-5-20)26-13-3-10-25(16-17-26)18-22(29)27-14-8-19(9-15-27)23(30)28-11-1-2-12-28/h4-7,19H,1-3,8-18H2. The Labute approximate surface area is 178 Å². The van der Waals surface area contributed by atoms with Crippen LogP contribution in [0.25, 0.3) is 0 Å². The van der Waals surface area contributed by atoms with Gasteiger partial charge in [0.15, 0.2) is 0 Å². The van der Waals surface area contributed by atoms with Gasteiger partial charge >= 0.3 is 0 Å². The van der Waals surface area contributed by atoms with E-state index in [1.54, 1.807) is 0 Å². The molecule has 0 aliphatic carbocycles. The molecule has 0 unspecified atom stereocenters. The van der Waals surface area contributed by atoms with Crippen molar-refractivity contribution in [3.05, 3.63) is 30.1 Å². The molecule has 7 heteroatoms. The van der Waals surface area contributed by atoms with E-state index in [0.29, 0.717) is 25.5 Å². The summed E-state index contributed by atoms with van der Waals surface area (Å²) in [7, 11) is 0. The molecule has 0 N–H and O–H groups in total. The zero-order valence-electron chi connectivity index (χ0n) is 17.8. The van der Waals surface area contributed by atoms with Crippen molar-refractivity contribution in [2.75, 3.05) is 63.8 Å². The van der Waals surface area contributed by atoms with E-state index in [-0.39, 0.29) is 17.6 Å². The van der Waals surface area contributed by atoms with Crippen LogP contribution in [0.1, 0.15) is 32.1 Å². The smallest absolute Gasteiger partial charge is 0.236 e. The molecule has 3 aliphatic rings. The van der Waals surface area contributed by atoms with Gasteiger partial charge in [-0.25, -0.2) is 4.39 Å². The van der Waals surface area contributed by atoms with Crippen LogP contribution in [0.2, 0.25) is 0 Å². The minimum Gasteiger partial charge on any atom is -0.370 e. The first-order chi connectivity index (χ1) is 14.6. The van der Waals surface area contributed by atoms with Crippen molar-refractivity contribution in [1.82, 2.24) is 14.7 Å². The lowest BCUT2D eigenvalue weighted by molar-refractivity contribution is -0.140. The van der Waals surface area contributed by atoms with Crippen molar-refractivity contribution in [3.8, 4) is 0 Å². The summed E-state index contributed by atoms with van der Waals surface area (Å²) in [5, 5.41) is 0. The van der Waals surface area contributed by atoms with E-state index in [2.05, 4.69) is 9.80 Å². The zero-order chi connectivity index (χ0) is 20.9. The van der Waals surface area contributed by atoms with Crippen LogP contribution in [0.5, 0.6) is 0 Å². The third-order valence-electron chi connectivity index (χ3n) is 6.75. The van der Waals surface area contributed by atoms with E-state index in [1.807, 2.05) is 21.9 Å². The van der Waals surface area contributed by atoms with Gasteiger partial charge in [0, 0.05) is 64.0 Å². The minimum absolute atomic E-state index is 0.0922. The normalized spacial score (nSPS) is 21.7. The maximum atomic E-state index is 13.2. The molecule has 6 nitrogen and oxygen atoms in total. The first-order valence-electron chi connectivity index (χ1n) is 11.4. The van der Waals surface area contributed by atoms with Gasteiger partial charge in [0.2, 0.25) is 11.8 Å². The van der Waals surface area contributed by atoms with Gasteiger partial charge < -0.3 is 14.7 Å². The number of nitrogens with zero attached hydrogens (tertiary/aromatic N) is 4. The van der Waals surface area contributed by atoms with Crippen LogP contribution in [-0.2, 0) is 9.59 Å². The largest absolute Gasteiger partial charge is 0.370 e. The van der Waals surface area contributed by atoms with Crippen molar-refractivity contribution in [2.24, 2.45) is 5.92 Å². The van der Waals surface area contributed by atoms with Crippen molar-refractivity contribution < 1.29 is 14.0 Å². The van der Waals surface area contributed by atoms with E-state index in [1.165, 1.54) is 12.1 Å². The molecule has 3 aliphatic heterocycles. The average Bonchev–Trinajstić information content (AvgIpc) is 3.21. The number of hydrogen-bond acceptors (Lipinski definition) is 4. The van der Waals surface area contributed by atoms with Crippen LogP contribution in [0.15, 0.2) is 24.3 Å². The first-order valence-corrected chi connectivity index (χ1v) is 11.4. The summed E-state index contributed by atoms with van der Waals surface area (Å²) in [6, 6.07) is 6.65. The number of piperidine rings is 1. The van der Waals surface area contributed by atoms with E-state index >= 15 is 0 Å². The zero-order valence-corrected chi connectivity index (χ0v) is 17.8. The molecule has 1 aromatic carbocycles. The maximum Gasteiger partial charge on any atom is 0.236 e. The molecule has 30 heavy (non-hydrogen) atoms. The highest BCUT2D eigenvalue weighted by Gasteiger charge is 2.31. The molecule has 4 rings (SSSR count). The van der Waals surface area contributed by atoms with E-state index in [0.717, 1.165) is 77.1 Å². The molecule has 0 aromatic heterocycles. The summed E-state index contributed by atoms with van der Waals surface area (Å²) >= 11 is 0. The molecule has 3 heterocycles.